The van der Waals surface area contributed by atoms with Crippen molar-refractivity contribution >= 4 is 36.1 Å². The zero-order chi connectivity index (χ0) is 74.5. The first-order valence-corrected chi connectivity index (χ1v) is 37.8. The predicted molar refractivity (Wildman–Crippen MR) is 430 cm³/mol. The Morgan fingerprint density at radius 1 is 0.452 bits per heavy atom. The van der Waals surface area contributed by atoms with Gasteiger partial charge in [0.25, 0.3) is 0 Å². The Labute approximate surface area is 648 Å². The van der Waals surface area contributed by atoms with Crippen molar-refractivity contribution in [2.24, 2.45) is 28.6 Å². The van der Waals surface area contributed by atoms with Gasteiger partial charge in [0.2, 0.25) is 0 Å². The van der Waals surface area contributed by atoms with Crippen molar-refractivity contribution in [3.05, 3.63) is 261 Å². The number of nitrogens with two attached hydrogens (primary N) is 1. The number of benzene rings is 7. The smallest absolute Gasteiger partial charge is 0.428 e. The Morgan fingerprint density at radius 3 is 0.981 bits per heavy atom. The summed E-state index contributed by atoms with van der Waals surface area (Å²) >= 11 is 0. The molecule has 5 aliphatic rings. The Bertz CT molecular complexity index is 3230. The third-order valence-corrected chi connectivity index (χ3v) is 20.4. The molecule has 19 heteroatoms. The van der Waals surface area contributed by atoms with Crippen LogP contribution in [0.15, 0.2) is 217 Å². The molecule has 3 N–H and O–H groups in total. The second-order valence-electron chi connectivity index (χ2n) is 29.9. The first-order valence-electron chi connectivity index (χ1n) is 36.4. The zero-order valence-electron chi connectivity index (χ0n) is 64.4. The van der Waals surface area contributed by atoms with E-state index in [1.54, 1.807) is 41.5 Å². The van der Waals surface area contributed by atoms with Crippen LogP contribution >= 0.6 is 7.92 Å². The van der Waals surface area contributed by atoms with Crippen LogP contribution in [-0.2, 0) is 40.4 Å². The second kappa shape index (κ2) is 49.1. The van der Waals surface area contributed by atoms with E-state index in [4.69, 9.17) is 31.8 Å². The number of hydrogen-bond acceptors (Lipinski definition) is 12. The summed E-state index contributed by atoms with van der Waals surface area (Å²) in [6.45, 7) is 38.2. The van der Waals surface area contributed by atoms with Crippen molar-refractivity contribution in [1.29, 1.82) is 0 Å². The summed E-state index contributed by atoms with van der Waals surface area (Å²) in [5.74, 6) is 2.65. The van der Waals surface area contributed by atoms with E-state index < -0.39 is 31.4 Å². The van der Waals surface area contributed by atoms with Gasteiger partial charge in [-0.05, 0) is 184 Å². The van der Waals surface area contributed by atoms with E-state index in [1.807, 2.05) is 6.07 Å². The van der Waals surface area contributed by atoms with Crippen LogP contribution in [0.2, 0.25) is 0 Å². The molecule has 558 valence electrons. The molecule has 5 fully saturated rings. The minimum atomic E-state index is -1.06. The fourth-order valence-electron chi connectivity index (χ4n) is 13.3. The fraction of sp³-hybridized carbons (Fsp3) is 0.482. The van der Waals surface area contributed by atoms with Gasteiger partial charge in [-0.25, -0.2) is 9.59 Å². The van der Waals surface area contributed by atoms with Crippen molar-refractivity contribution in [3.8, 4) is 0 Å². The van der Waals surface area contributed by atoms with Gasteiger partial charge < -0.3 is 36.3 Å². The first kappa shape index (κ1) is 91.3. The van der Waals surface area contributed by atoms with E-state index in [0.717, 1.165) is 88.0 Å². The summed E-state index contributed by atoms with van der Waals surface area (Å²) in [7, 11) is -0.446. The van der Waals surface area contributed by atoms with Gasteiger partial charge in [0, 0.05) is 93.5 Å². The van der Waals surface area contributed by atoms with Gasteiger partial charge in [0.15, 0.2) is 0 Å². The molecule has 5 heterocycles. The molecular formula is C85H122N12NaO5P. The molecule has 10 atom stereocenters. The minimum absolute atomic E-state index is 0. The molecule has 0 saturated carbocycles. The molecule has 5 saturated heterocycles. The number of carbonyl (C=O) groups is 2. The average molecular weight is 1450 g/mol. The number of nitrogens with one attached hydrogen (secondary N) is 1. The van der Waals surface area contributed by atoms with Crippen LogP contribution in [0.25, 0.3) is 26.4 Å². The van der Waals surface area contributed by atoms with Gasteiger partial charge in [-0.2, -0.15) is 0 Å². The Morgan fingerprint density at radius 2 is 0.740 bits per heavy atom. The average Bonchev–Trinajstić information content (AvgIpc) is 1.28. The number of carbonyl (C=O) groups excluding carboxylic acids is 2. The normalized spacial score (nSPS) is 21.8. The molecule has 7 aromatic carbocycles. The SMILES string of the molecule is C.CC(C)(C)OC(=O)OC(=O)OC(C)(C)C.C[C@@H]1C[C@H](C)N(Cc2ccccc2)C1.C[C@H]1CN[C@@H](C)C1.C[C@H]1C[C@@H](N)CN1Cc1ccccc1.C[C@H]1C[C@@H](N=[N+]=[N-])CN1Cc1ccccc1.C[C@H]1C[C@H](C)N(Cc2ccccc2)C1.[N-]=[N+]=[N-].[Na+].c1ccc(P(c2ccccc2)c2ccccc2)cc1. The van der Waals surface area contributed by atoms with Gasteiger partial charge in [-0.3, -0.25) is 24.5 Å². The van der Waals surface area contributed by atoms with E-state index in [-0.39, 0.29) is 43.0 Å². The minimum Gasteiger partial charge on any atom is -0.428 e. The topological polar surface area (TPSA) is 220 Å². The van der Waals surface area contributed by atoms with E-state index in [2.05, 4.69) is 301 Å². The Balaban J connectivity index is 0.000000315. The molecule has 12 rings (SSSR count). The molecular weight excluding hydrogens is 1320 g/mol. The maximum Gasteiger partial charge on any atom is 1.00 e. The summed E-state index contributed by atoms with van der Waals surface area (Å²) < 4.78 is 13.8. The second-order valence-corrected chi connectivity index (χ2v) is 32.2. The predicted octanol–water partition coefficient (Wildman–Crippen LogP) is 16.2. The van der Waals surface area contributed by atoms with E-state index in [1.165, 1.54) is 82.0 Å². The molecule has 104 heavy (non-hydrogen) atoms. The van der Waals surface area contributed by atoms with Crippen molar-refractivity contribution in [3.63, 3.8) is 0 Å². The van der Waals surface area contributed by atoms with E-state index >= 15 is 0 Å². The van der Waals surface area contributed by atoms with Crippen molar-refractivity contribution in [2.45, 2.75) is 216 Å². The fourth-order valence-corrected chi connectivity index (χ4v) is 15.6. The standard InChI is InChI=1S/C18H15P.2C13H19N.C12H16N4.C12H18N2.C10H18O5.C6H13N.CH4.N3.Na/c1-4-10-16(11-5-1)19(17-12-6-2-7-13-17)18-14-8-3-9-15-18;2*1-11-8-12(2)14(9-11)10-13-6-4-3-5-7-13;1-10-7-12(14-15-13)9-16(10)8-11-5-3-2-4-6-11;1-10-7-12(13)9-14(10)8-11-5-3-2-4-6-11;1-9(2,3)14-7(11)13-8(12)15-10(4,5)6;1-5-3-6(2)7-4-5;;1-3-2;/h1-15H;2*3-7,11-12H,8-10H2,1-2H3;2-6,10,12H,7-9H2,1H3;2-6,10,12H,7-9,13H2,1H3;1-6H3;5-7H,3-4H2,1-2H3;1H4;;/q;;;;;;;;-1;+1/t;11-,12+;11-,12-;2*10-,12+;;5-,6+;;;/m.1000.1.../s1. The van der Waals surface area contributed by atoms with Gasteiger partial charge in [0.1, 0.15) is 11.2 Å². The quantitative estimate of drug-likeness (QED) is 0.0223. The summed E-state index contributed by atoms with van der Waals surface area (Å²) in [6.07, 6.45) is 4.05. The van der Waals surface area contributed by atoms with Crippen molar-refractivity contribution in [2.75, 3.05) is 32.7 Å². The summed E-state index contributed by atoms with van der Waals surface area (Å²) in [6, 6.07) is 78.8. The number of likely N-dealkylation sites (tertiary alicyclic amines) is 4. The van der Waals surface area contributed by atoms with Gasteiger partial charge >= 0.3 is 41.9 Å². The molecule has 0 aromatic heterocycles. The summed E-state index contributed by atoms with van der Waals surface area (Å²) in [5.41, 5.74) is 32.0. The van der Waals surface area contributed by atoms with Gasteiger partial charge in [-0.15, -0.1) is 0 Å². The molecule has 7 aromatic rings. The van der Waals surface area contributed by atoms with E-state index in [9.17, 15) is 9.59 Å². The molecule has 0 amide bonds. The third-order valence-electron chi connectivity index (χ3n) is 17.9. The Hall–Kier alpha value is -6.91. The van der Waals surface area contributed by atoms with Gasteiger partial charge in [0.05, 0.1) is 6.04 Å². The van der Waals surface area contributed by atoms with Crippen LogP contribution < -0.4 is 56.5 Å². The zero-order valence-corrected chi connectivity index (χ0v) is 67.3. The Kier molecular flexibility index (Phi) is 43.1. The number of nitrogens with zero attached hydrogens (tertiary/aromatic N) is 10. The van der Waals surface area contributed by atoms with Crippen LogP contribution in [0.1, 0.15) is 159 Å². The number of hydrogen-bond donors (Lipinski definition) is 2. The number of ether oxygens (including phenoxy) is 3. The van der Waals surface area contributed by atoms with Crippen LogP contribution in [0.3, 0.4) is 0 Å². The molecule has 0 bridgehead atoms. The van der Waals surface area contributed by atoms with Crippen molar-refractivity contribution in [1.82, 2.24) is 24.9 Å². The number of rotatable bonds is 12. The number of azide groups is 1. The van der Waals surface area contributed by atoms with Crippen LogP contribution in [0.4, 0.5) is 9.59 Å². The first-order chi connectivity index (χ1) is 48.7. The monoisotopic (exact) mass is 1440 g/mol. The van der Waals surface area contributed by atoms with E-state index in [0.29, 0.717) is 18.1 Å². The third kappa shape index (κ3) is 36.9. The molecule has 0 radical (unpaired) electrons. The molecule has 0 aliphatic carbocycles. The molecule has 0 spiro atoms. The maximum absolute atomic E-state index is 11.0. The molecule has 17 nitrogen and oxygen atoms in total. The molecule has 5 aliphatic heterocycles. The van der Waals surface area contributed by atoms with Crippen molar-refractivity contribution < 1.29 is 53.4 Å². The molecule has 0 unspecified atom stereocenters. The van der Waals surface area contributed by atoms with Gasteiger partial charge in [-0.1, -0.05) is 246 Å². The van der Waals surface area contributed by atoms with Crippen LogP contribution in [-0.4, -0.2) is 118 Å². The summed E-state index contributed by atoms with van der Waals surface area (Å²) in [5, 5.41) is 11.4. The van der Waals surface area contributed by atoms with Crippen LogP contribution in [0.5, 0.6) is 0 Å². The van der Waals surface area contributed by atoms with Crippen LogP contribution in [0, 0.1) is 17.8 Å². The summed E-state index contributed by atoms with van der Waals surface area (Å²) in [4.78, 5) is 36.4. The largest absolute Gasteiger partial charge is 1.00 e. The maximum atomic E-state index is 11.0.